The van der Waals surface area contributed by atoms with Crippen molar-refractivity contribution in [3.63, 3.8) is 0 Å². The Morgan fingerprint density at radius 1 is 1.23 bits per heavy atom. The van der Waals surface area contributed by atoms with E-state index in [4.69, 9.17) is 14.5 Å². The van der Waals surface area contributed by atoms with Crippen LogP contribution >= 0.6 is 43.2 Å². The number of hydrogen-bond donors (Lipinski definition) is 0. The molecule has 1 atom stereocenters. The van der Waals surface area contributed by atoms with Gasteiger partial charge in [0.25, 0.3) is 5.56 Å². The number of thiazole rings is 1. The van der Waals surface area contributed by atoms with Gasteiger partial charge < -0.3 is 9.47 Å². The molecule has 0 bridgehead atoms. The molecule has 9 heteroatoms. The zero-order valence-electron chi connectivity index (χ0n) is 19.7. The molecule has 6 nitrogen and oxygen atoms in total. The van der Waals surface area contributed by atoms with Crippen LogP contribution in [0.1, 0.15) is 44.4 Å². The van der Waals surface area contributed by atoms with Crippen molar-refractivity contribution in [2.45, 2.75) is 39.3 Å². The second-order valence-corrected chi connectivity index (χ2v) is 11.0. The first-order chi connectivity index (χ1) is 16.7. The van der Waals surface area contributed by atoms with Crippen molar-refractivity contribution in [3.05, 3.63) is 93.5 Å². The smallest absolute Gasteiger partial charge is 0.338 e. The van der Waals surface area contributed by atoms with Crippen LogP contribution in [-0.4, -0.2) is 23.8 Å². The lowest BCUT2D eigenvalue weighted by Crippen LogP contribution is -2.40. The van der Waals surface area contributed by atoms with Gasteiger partial charge in [-0.15, -0.1) is 0 Å². The number of carbonyl (C=O) groups is 1. The van der Waals surface area contributed by atoms with Gasteiger partial charge in [-0.25, -0.2) is 9.79 Å². The fourth-order valence-electron chi connectivity index (χ4n) is 4.00. The highest BCUT2D eigenvalue weighted by Crippen LogP contribution is 2.35. The summed E-state index contributed by atoms with van der Waals surface area (Å²) in [5.74, 6) is 0.162. The number of nitrogens with zero attached hydrogens (tertiary/aromatic N) is 2. The van der Waals surface area contributed by atoms with Gasteiger partial charge in [0, 0.05) is 10.0 Å². The molecule has 0 radical (unpaired) electrons. The highest BCUT2D eigenvalue weighted by Gasteiger charge is 2.33. The van der Waals surface area contributed by atoms with Crippen molar-refractivity contribution in [3.8, 4) is 5.75 Å². The molecule has 2 heterocycles. The Bertz CT molecular complexity index is 1490. The SMILES string of the molecule is CCC1=C(C(=O)OC)[C@@H](c2ccccc2)n2c(s/c(=C/c3cc(Br)cc(Br)c3OC(C)C)c2=O)=N1. The molecule has 4 rings (SSSR count). The van der Waals surface area contributed by atoms with Crippen molar-refractivity contribution in [1.29, 1.82) is 0 Å². The number of halogens is 2. The van der Waals surface area contributed by atoms with E-state index in [0.29, 0.717) is 32.8 Å². The molecule has 0 spiro atoms. The number of carbonyl (C=O) groups excluding carboxylic acids is 1. The average molecular weight is 620 g/mol. The predicted molar refractivity (Wildman–Crippen MR) is 144 cm³/mol. The molecule has 0 fully saturated rings. The summed E-state index contributed by atoms with van der Waals surface area (Å²) < 4.78 is 14.9. The normalized spacial score (nSPS) is 15.7. The number of aromatic nitrogens is 1. The fraction of sp³-hybridized carbons (Fsp3) is 0.269. The summed E-state index contributed by atoms with van der Waals surface area (Å²) >= 11 is 8.39. The van der Waals surface area contributed by atoms with E-state index in [0.717, 1.165) is 20.1 Å². The highest BCUT2D eigenvalue weighted by atomic mass is 79.9. The van der Waals surface area contributed by atoms with Crippen LogP contribution in [0.3, 0.4) is 0 Å². The molecule has 1 aliphatic heterocycles. The molecule has 0 unspecified atom stereocenters. The fourth-order valence-corrected chi connectivity index (χ4v) is 6.37. The zero-order chi connectivity index (χ0) is 25.3. The van der Waals surface area contributed by atoms with E-state index in [2.05, 4.69) is 31.9 Å². The Morgan fingerprint density at radius 3 is 2.57 bits per heavy atom. The molecule has 1 aliphatic rings. The summed E-state index contributed by atoms with van der Waals surface area (Å²) in [6.07, 6.45) is 2.30. The van der Waals surface area contributed by atoms with E-state index >= 15 is 0 Å². The number of allylic oxidation sites excluding steroid dienone is 1. The Hall–Kier alpha value is -2.49. The summed E-state index contributed by atoms with van der Waals surface area (Å²) in [4.78, 5) is 31.9. The molecule has 3 aromatic rings. The molecule has 0 amide bonds. The van der Waals surface area contributed by atoms with Gasteiger partial charge in [-0.3, -0.25) is 9.36 Å². The highest BCUT2D eigenvalue weighted by molar-refractivity contribution is 9.11. The van der Waals surface area contributed by atoms with Crippen LogP contribution < -0.4 is 19.6 Å². The standard InChI is InChI=1S/C26H24Br2N2O4S/c1-5-19-21(25(32)33-4)22(15-9-7-6-8-10-15)30-24(31)20(35-26(30)29-19)12-16-11-17(27)13-18(28)23(16)34-14(2)3/h6-14,22H,5H2,1-4H3/b20-12+/t22-/m1/s1. The van der Waals surface area contributed by atoms with Crippen LogP contribution in [0.2, 0.25) is 0 Å². The van der Waals surface area contributed by atoms with Crippen molar-refractivity contribution in [2.24, 2.45) is 4.99 Å². The third-order valence-electron chi connectivity index (χ3n) is 5.44. The molecular formula is C26H24Br2N2O4S. The van der Waals surface area contributed by atoms with Gasteiger partial charge in [-0.1, -0.05) is 64.5 Å². The first kappa shape index (κ1) is 25.6. The van der Waals surface area contributed by atoms with Gasteiger partial charge in [0.15, 0.2) is 4.80 Å². The minimum absolute atomic E-state index is 0.0475. The Balaban J connectivity index is 2.00. The molecular weight excluding hydrogens is 596 g/mol. The molecule has 1 aromatic heterocycles. The van der Waals surface area contributed by atoms with E-state index in [1.54, 1.807) is 4.57 Å². The topological polar surface area (TPSA) is 69.9 Å². The average Bonchev–Trinajstić information content (AvgIpc) is 3.14. The van der Waals surface area contributed by atoms with E-state index in [1.165, 1.54) is 18.4 Å². The number of ether oxygens (including phenoxy) is 2. The zero-order valence-corrected chi connectivity index (χ0v) is 23.7. The summed E-state index contributed by atoms with van der Waals surface area (Å²) in [7, 11) is 1.34. The third-order valence-corrected chi connectivity index (χ3v) is 7.47. The number of hydrogen-bond acceptors (Lipinski definition) is 6. The van der Waals surface area contributed by atoms with Crippen molar-refractivity contribution in [2.75, 3.05) is 7.11 Å². The second-order valence-electron chi connectivity index (χ2n) is 8.17. The molecule has 2 aromatic carbocycles. The van der Waals surface area contributed by atoms with E-state index in [1.807, 2.05) is 69.3 Å². The predicted octanol–water partition coefficient (Wildman–Crippen LogP) is 5.11. The van der Waals surface area contributed by atoms with Gasteiger partial charge >= 0.3 is 5.97 Å². The van der Waals surface area contributed by atoms with Crippen LogP contribution in [-0.2, 0) is 9.53 Å². The van der Waals surface area contributed by atoms with Gasteiger partial charge in [-0.2, -0.15) is 0 Å². The van der Waals surface area contributed by atoms with Crippen LogP contribution in [0.4, 0.5) is 0 Å². The van der Waals surface area contributed by atoms with Crippen molar-refractivity contribution < 1.29 is 14.3 Å². The Morgan fingerprint density at radius 2 is 1.94 bits per heavy atom. The minimum Gasteiger partial charge on any atom is -0.489 e. The van der Waals surface area contributed by atoms with Crippen LogP contribution in [0.15, 0.2) is 72.5 Å². The molecule has 35 heavy (non-hydrogen) atoms. The summed E-state index contributed by atoms with van der Waals surface area (Å²) in [5, 5.41) is 0. The summed E-state index contributed by atoms with van der Waals surface area (Å²) in [6.45, 7) is 5.84. The lowest BCUT2D eigenvalue weighted by molar-refractivity contribution is -0.136. The summed E-state index contributed by atoms with van der Waals surface area (Å²) in [5.41, 5.74) is 2.34. The second kappa shape index (κ2) is 10.6. The largest absolute Gasteiger partial charge is 0.489 e. The molecule has 182 valence electrons. The Labute approximate surface area is 223 Å². The van der Waals surface area contributed by atoms with Gasteiger partial charge in [0.2, 0.25) is 0 Å². The maximum Gasteiger partial charge on any atom is 0.338 e. The number of esters is 1. The number of benzene rings is 2. The number of fused-ring (bicyclic) bond motifs is 1. The molecule has 0 N–H and O–H groups in total. The number of rotatable bonds is 6. The first-order valence-corrected chi connectivity index (χ1v) is 13.5. The summed E-state index contributed by atoms with van der Waals surface area (Å²) in [6, 6.07) is 12.7. The lowest BCUT2D eigenvalue weighted by atomic mass is 9.95. The van der Waals surface area contributed by atoms with Crippen molar-refractivity contribution >= 4 is 55.2 Å². The van der Waals surface area contributed by atoms with Crippen LogP contribution in [0.25, 0.3) is 6.08 Å². The van der Waals surface area contributed by atoms with E-state index < -0.39 is 12.0 Å². The molecule has 0 aliphatic carbocycles. The van der Waals surface area contributed by atoms with Gasteiger partial charge in [0.1, 0.15) is 5.75 Å². The third kappa shape index (κ3) is 5.08. The number of methoxy groups -OCH3 is 1. The van der Waals surface area contributed by atoms with Gasteiger partial charge in [-0.05, 0) is 60.0 Å². The maximum absolute atomic E-state index is 13.8. The lowest BCUT2D eigenvalue weighted by Gasteiger charge is -2.25. The van der Waals surface area contributed by atoms with Gasteiger partial charge in [0.05, 0.1) is 39.5 Å². The van der Waals surface area contributed by atoms with E-state index in [9.17, 15) is 9.59 Å². The van der Waals surface area contributed by atoms with Crippen molar-refractivity contribution in [1.82, 2.24) is 4.57 Å². The minimum atomic E-state index is -0.627. The monoisotopic (exact) mass is 618 g/mol. The maximum atomic E-state index is 13.8. The first-order valence-electron chi connectivity index (χ1n) is 11.1. The Kier molecular flexibility index (Phi) is 7.78. The quantitative estimate of drug-likeness (QED) is 0.360. The van der Waals surface area contributed by atoms with Crippen LogP contribution in [0.5, 0.6) is 5.75 Å². The van der Waals surface area contributed by atoms with E-state index in [-0.39, 0.29) is 11.7 Å². The van der Waals surface area contributed by atoms with Crippen LogP contribution in [0, 0.1) is 0 Å². The molecule has 0 saturated heterocycles. The molecule has 0 saturated carbocycles.